The monoisotopic (exact) mass is 441 g/mol. The molecule has 1 saturated heterocycles. The zero-order valence-corrected chi connectivity index (χ0v) is 17.9. The Bertz CT molecular complexity index is 1110. The van der Waals surface area contributed by atoms with Crippen molar-refractivity contribution in [2.75, 3.05) is 31.1 Å². The number of benzene rings is 2. The molecule has 0 amide bonds. The highest BCUT2D eigenvalue weighted by Crippen LogP contribution is 2.30. The maximum absolute atomic E-state index is 11.3. The summed E-state index contributed by atoms with van der Waals surface area (Å²) in [5, 5.41) is 12.0. The van der Waals surface area contributed by atoms with E-state index in [2.05, 4.69) is 4.90 Å². The smallest absolute Gasteiger partial charge is 0.292 e. The van der Waals surface area contributed by atoms with Gasteiger partial charge in [0.1, 0.15) is 16.4 Å². The third-order valence-electron chi connectivity index (χ3n) is 5.26. The van der Waals surface area contributed by atoms with Crippen molar-refractivity contribution in [2.45, 2.75) is 6.92 Å². The Kier molecular flexibility index (Phi) is 5.74. The van der Waals surface area contributed by atoms with Crippen LogP contribution >= 0.6 is 23.8 Å². The average molecular weight is 442 g/mol. The van der Waals surface area contributed by atoms with E-state index in [-0.39, 0.29) is 10.6 Å². The third-order valence-corrected chi connectivity index (χ3v) is 6.13. The van der Waals surface area contributed by atoms with Crippen LogP contribution in [0.4, 0.5) is 11.4 Å². The fourth-order valence-electron chi connectivity index (χ4n) is 3.55. The highest BCUT2D eigenvalue weighted by Gasteiger charge is 2.25. The van der Waals surface area contributed by atoms with Gasteiger partial charge in [0.05, 0.1) is 4.92 Å². The Labute approximate surface area is 184 Å². The molecular weight excluding hydrogens is 422 g/mol. The maximum Gasteiger partial charge on any atom is 0.292 e. The average Bonchev–Trinajstić information content (AvgIpc) is 3.25. The van der Waals surface area contributed by atoms with E-state index < -0.39 is 0 Å². The number of nitro benzene ring substituents is 1. The number of para-hydroxylation sites is 2. The Morgan fingerprint density at radius 2 is 1.83 bits per heavy atom. The molecule has 1 aliphatic rings. The first-order chi connectivity index (χ1) is 14.4. The molecule has 8 heteroatoms. The van der Waals surface area contributed by atoms with E-state index in [0.29, 0.717) is 53.4 Å². The molecule has 0 N–H and O–H groups in total. The van der Waals surface area contributed by atoms with Crippen LogP contribution in [0.2, 0.25) is 5.02 Å². The van der Waals surface area contributed by atoms with Gasteiger partial charge >= 0.3 is 0 Å². The van der Waals surface area contributed by atoms with E-state index in [4.69, 9.17) is 28.2 Å². The summed E-state index contributed by atoms with van der Waals surface area (Å²) in [7, 11) is 0. The van der Waals surface area contributed by atoms with Crippen molar-refractivity contribution in [3.05, 3.63) is 81.1 Å². The first-order valence-corrected chi connectivity index (χ1v) is 10.4. The van der Waals surface area contributed by atoms with Gasteiger partial charge in [0.2, 0.25) is 0 Å². The summed E-state index contributed by atoms with van der Waals surface area (Å²) in [4.78, 5) is 15.7. The Hall–Kier alpha value is -2.90. The number of hydrogen-bond donors (Lipinski definition) is 0. The van der Waals surface area contributed by atoms with Crippen LogP contribution in [-0.4, -0.2) is 41.0 Å². The topological polar surface area (TPSA) is 62.8 Å². The van der Waals surface area contributed by atoms with Crippen molar-refractivity contribution < 1.29 is 9.34 Å². The second-order valence-electron chi connectivity index (χ2n) is 7.15. The molecule has 1 aliphatic heterocycles. The van der Waals surface area contributed by atoms with Crippen LogP contribution in [0.3, 0.4) is 0 Å². The van der Waals surface area contributed by atoms with Crippen LogP contribution in [0.1, 0.15) is 11.3 Å². The molecule has 0 aliphatic carbocycles. The first kappa shape index (κ1) is 20.4. The van der Waals surface area contributed by atoms with Gasteiger partial charge in [-0.15, -0.1) is 0 Å². The van der Waals surface area contributed by atoms with E-state index >= 15 is 0 Å². The molecule has 0 saturated carbocycles. The lowest BCUT2D eigenvalue weighted by Gasteiger charge is -2.36. The summed E-state index contributed by atoms with van der Waals surface area (Å²) in [6.07, 6.45) is 0. The number of hydrogen-bond acceptors (Lipinski definition) is 5. The highest BCUT2D eigenvalue weighted by molar-refractivity contribution is 7.80. The van der Waals surface area contributed by atoms with Crippen LogP contribution < -0.4 is 4.90 Å². The molecule has 1 fully saturated rings. The second-order valence-corrected chi connectivity index (χ2v) is 7.95. The van der Waals surface area contributed by atoms with Gasteiger partial charge < -0.3 is 14.2 Å². The summed E-state index contributed by atoms with van der Waals surface area (Å²) >= 11 is 11.9. The number of piperazine rings is 1. The Balaban J connectivity index is 1.45. The molecule has 1 aromatic heterocycles. The van der Waals surface area contributed by atoms with Crippen LogP contribution in [-0.2, 0) is 0 Å². The fourth-order valence-corrected chi connectivity index (χ4v) is 4.02. The van der Waals surface area contributed by atoms with Crippen molar-refractivity contribution in [3.63, 3.8) is 0 Å². The molecule has 0 spiro atoms. The van der Waals surface area contributed by atoms with Gasteiger partial charge in [0.25, 0.3) is 5.69 Å². The minimum absolute atomic E-state index is 0.126. The summed E-state index contributed by atoms with van der Waals surface area (Å²) in [6.45, 7) is 4.57. The van der Waals surface area contributed by atoms with Gasteiger partial charge in [0.15, 0.2) is 5.76 Å². The number of aryl methyl sites for hydroxylation is 1. The standard InChI is InChI=1S/C22H20ClN3O3S/c1-15-6-7-16(14-17(15)23)20-8-9-21(29-20)22(30)25-12-10-24(11-13-25)18-4-2-3-5-19(18)26(27)28/h2-9,14H,10-13H2,1H3. The van der Waals surface area contributed by atoms with Crippen molar-refractivity contribution in [1.82, 2.24) is 4.90 Å². The number of nitro groups is 1. The molecule has 0 radical (unpaired) electrons. The molecule has 30 heavy (non-hydrogen) atoms. The molecular formula is C22H20ClN3O3S. The van der Waals surface area contributed by atoms with E-state index in [1.54, 1.807) is 12.1 Å². The van der Waals surface area contributed by atoms with E-state index in [1.165, 1.54) is 6.07 Å². The molecule has 3 aromatic rings. The van der Waals surface area contributed by atoms with E-state index in [9.17, 15) is 10.1 Å². The summed E-state index contributed by atoms with van der Waals surface area (Å²) < 4.78 is 6.00. The summed E-state index contributed by atoms with van der Waals surface area (Å²) in [6, 6.07) is 16.4. The lowest BCUT2D eigenvalue weighted by Crippen LogP contribution is -2.48. The number of nitrogens with zero attached hydrogens (tertiary/aromatic N) is 3. The van der Waals surface area contributed by atoms with Crippen LogP contribution in [0.25, 0.3) is 11.3 Å². The highest BCUT2D eigenvalue weighted by atomic mass is 35.5. The van der Waals surface area contributed by atoms with Gasteiger partial charge in [0, 0.05) is 42.8 Å². The normalized spacial score (nSPS) is 14.1. The van der Waals surface area contributed by atoms with Gasteiger partial charge in [-0.3, -0.25) is 10.1 Å². The fraction of sp³-hybridized carbons (Fsp3) is 0.227. The predicted molar refractivity (Wildman–Crippen MR) is 122 cm³/mol. The van der Waals surface area contributed by atoms with Crippen LogP contribution in [0.5, 0.6) is 0 Å². The Morgan fingerprint density at radius 1 is 1.10 bits per heavy atom. The SMILES string of the molecule is Cc1ccc(-c2ccc(C(=S)N3CCN(c4ccccc4[N+](=O)[O-])CC3)o2)cc1Cl. The molecule has 2 aromatic carbocycles. The lowest BCUT2D eigenvalue weighted by molar-refractivity contribution is -0.384. The van der Waals surface area contributed by atoms with Crippen molar-refractivity contribution in [2.24, 2.45) is 0 Å². The summed E-state index contributed by atoms with van der Waals surface area (Å²) in [5.41, 5.74) is 2.69. The first-order valence-electron chi connectivity index (χ1n) is 9.58. The number of rotatable bonds is 4. The van der Waals surface area contributed by atoms with Gasteiger partial charge in [-0.05, 0) is 36.8 Å². The summed E-state index contributed by atoms with van der Waals surface area (Å²) in [5.74, 6) is 1.35. The molecule has 2 heterocycles. The number of anilines is 1. The molecule has 154 valence electrons. The van der Waals surface area contributed by atoms with Crippen LogP contribution in [0, 0.1) is 17.0 Å². The predicted octanol–water partition coefficient (Wildman–Crippen LogP) is 5.31. The van der Waals surface area contributed by atoms with Crippen molar-refractivity contribution in [1.29, 1.82) is 0 Å². The van der Waals surface area contributed by atoms with Crippen molar-refractivity contribution >= 4 is 40.2 Å². The molecule has 0 atom stereocenters. The molecule has 0 bridgehead atoms. The second kappa shape index (κ2) is 8.45. The van der Waals surface area contributed by atoms with E-state index in [0.717, 1.165) is 11.1 Å². The van der Waals surface area contributed by atoms with Crippen LogP contribution in [0.15, 0.2) is 59.0 Å². The van der Waals surface area contributed by atoms with Gasteiger partial charge in [-0.1, -0.05) is 48.1 Å². The van der Waals surface area contributed by atoms with E-state index in [1.807, 2.05) is 48.2 Å². The lowest BCUT2D eigenvalue weighted by atomic mass is 10.1. The third kappa shape index (κ3) is 4.04. The largest absolute Gasteiger partial charge is 0.454 e. The molecule has 4 rings (SSSR count). The number of thiocarbonyl (C=S) groups is 1. The zero-order chi connectivity index (χ0) is 21.3. The molecule has 6 nitrogen and oxygen atoms in total. The quantitative estimate of drug-likeness (QED) is 0.310. The van der Waals surface area contributed by atoms with Crippen molar-refractivity contribution in [3.8, 4) is 11.3 Å². The van der Waals surface area contributed by atoms with Gasteiger partial charge in [-0.25, -0.2) is 0 Å². The number of halogens is 1. The minimum atomic E-state index is -0.339. The Morgan fingerprint density at radius 3 is 2.53 bits per heavy atom. The maximum atomic E-state index is 11.3. The minimum Gasteiger partial charge on any atom is -0.454 e. The zero-order valence-electron chi connectivity index (χ0n) is 16.4. The van der Waals surface area contributed by atoms with Gasteiger partial charge in [-0.2, -0.15) is 0 Å². The number of furan rings is 1. The molecule has 0 unspecified atom stereocenters.